The van der Waals surface area contributed by atoms with Gasteiger partial charge in [0.15, 0.2) is 0 Å². The number of fused-ring (bicyclic) bond motifs is 1. The van der Waals surface area contributed by atoms with Crippen LogP contribution in [0.1, 0.15) is 32.4 Å². The maximum Gasteiger partial charge on any atom is 0.573 e. The molecule has 0 aliphatic carbocycles. The highest BCUT2D eigenvalue weighted by Gasteiger charge is 2.31. The number of hydrogen-bond donors (Lipinski definition) is 1. The Balaban J connectivity index is 0.000000239. The van der Waals surface area contributed by atoms with Crippen molar-refractivity contribution >= 4 is 30.3 Å². The van der Waals surface area contributed by atoms with Crippen LogP contribution in [0.5, 0.6) is 5.75 Å². The maximum absolute atomic E-state index is 12.2. The van der Waals surface area contributed by atoms with Gasteiger partial charge in [-0.05, 0) is 60.3 Å². The summed E-state index contributed by atoms with van der Waals surface area (Å²) in [6.45, 7) is 0.943. The number of thiophene rings is 1. The lowest BCUT2D eigenvalue weighted by atomic mass is 9.94. The average molecular weight is 452 g/mol. The van der Waals surface area contributed by atoms with Crippen molar-refractivity contribution in [1.29, 1.82) is 0 Å². The summed E-state index contributed by atoms with van der Waals surface area (Å²) in [5, 5.41) is 2.07. The molecule has 1 unspecified atom stereocenters. The lowest BCUT2D eigenvalue weighted by molar-refractivity contribution is -0.274. The van der Waals surface area contributed by atoms with Gasteiger partial charge >= 0.3 is 6.36 Å². The second-order valence-corrected chi connectivity index (χ2v) is 8.28. The highest BCUT2D eigenvalue weighted by Crippen LogP contribution is 2.37. The SMILES string of the molecule is CN1CCc2sccc2C1c1ccc(OC(F)(F)F)cc1.O=Cc1ccc(S)cc1. The summed E-state index contributed by atoms with van der Waals surface area (Å²) in [5.41, 5.74) is 2.91. The molecule has 0 amide bonds. The molecule has 1 aromatic heterocycles. The van der Waals surface area contributed by atoms with E-state index in [0.717, 1.165) is 29.7 Å². The third-order valence-corrected chi connectivity index (χ3v) is 5.96. The monoisotopic (exact) mass is 451 g/mol. The average Bonchev–Trinajstić information content (AvgIpc) is 3.17. The number of rotatable bonds is 3. The maximum atomic E-state index is 12.2. The summed E-state index contributed by atoms with van der Waals surface area (Å²) in [6, 6.07) is 15.4. The largest absolute Gasteiger partial charge is 0.573 e. The van der Waals surface area contributed by atoms with Gasteiger partial charge < -0.3 is 4.74 Å². The highest BCUT2D eigenvalue weighted by molar-refractivity contribution is 7.80. The number of hydrogen-bond acceptors (Lipinski definition) is 5. The lowest BCUT2D eigenvalue weighted by Crippen LogP contribution is -2.31. The van der Waals surface area contributed by atoms with Gasteiger partial charge in [0.1, 0.15) is 12.0 Å². The van der Waals surface area contributed by atoms with Gasteiger partial charge in [-0.3, -0.25) is 9.69 Å². The van der Waals surface area contributed by atoms with E-state index in [0.29, 0.717) is 5.56 Å². The Labute approximate surface area is 182 Å². The Morgan fingerprint density at radius 3 is 2.37 bits per heavy atom. The van der Waals surface area contributed by atoms with Crippen molar-refractivity contribution in [2.45, 2.75) is 23.7 Å². The molecule has 0 fully saturated rings. The number of carbonyl (C=O) groups excluding carboxylic acids is 1. The van der Waals surface area contributed by atoms with Crippen molar-refractivity contribution < 1.29 is 22.7 Å². The molecule has 0 saturated heterocycles. The molecule has 1 aliphatic heterocycles. The summed E-state index contributed by atoms with van der Waals surface area (Å²) in [7, 11) is 2.03. The molecule has 0 radical (unpaired) electrons. The van der Waals surface area contributed by atoms with Crippen molar-refractivity contribution in [1.82, 2.24) is 4.90 Å². The summed E-state index contributed by atoms with van der Waals surface area (Å²) in [5.74, 6) is -0.185. The topological polar surface area (TPSA) is 29.5 Å². The van der Waals surface area contributed by atoms with Crippen molar-refractivity contribution in [2.75, 3.05) is 13.6 Å². The van der Waals surface area contributed by atoms with E-state index in [1.165, 1.54) is 22.6 Å². The molecule has 0 N–H and O–H groups in total. The first-order chi connectivity index (χ1) is 14.3. The Morgan fingerprint density at radius 2 is 1.77 bits per heavy atom. The predicted molar refractivity (Wildman–Crippen MR) is 115 cm³/mol. The van der Waals surface area contributed by atoms with E-state index in [1.54, 1.807) is 47.7 Å². The van der Waals surface area contributed by atoms with Crippen LogP contribution in [0.25, 0.3) is 0 Å². The fourth-order valence-electron chi connectivity index (χ4n) is 3.28. The molecule has 4 rings (SSSR count). The Kier molecular flexibility index (Phi) is 7.23. The molecule has 3 aromatic rings. The molecule has 158 valence electrons. The standard InChI is InChI=1S/C15H14F3NOS.C7H6OS/c1-19-8-6-13-12(7-9-21-13)14(19)10-2-4-11(5-3-10)20-15(16,17)18;8-5-6-1-3-7(9)4-2-6/h2-5,7,9,14H,6,8H2,1H3;1-5,9H. The van der Waals surface area contributed by atoms with Crippen LogP contribution in [0.15, 0.2) is 64.9 Å². The van der Waals surface area contributed by atoms with E-state index in [4.69, 9.17) is 0 Å². The number of halogens is 3. The molecule has 0 saturated carbocycles. The molecule has 30 heavy (non-hydrogen) atoms. The smallest absolute Gasteiger partial charge is 0.406 e. The van der Waals surface area contributed by atoms with Gasteiger partial charge in [0, 0.05) is 21.9 Å². The molecular formula is C22H20F3NO2S2. The van der Waals surface area contributed by atoms with E-state index in [1.807, 2.05) is 7.05 Å². The zero-order chi connectivity index (χ0) is 21.7. The fraction of sp³-hybridized carbons (Fsp3) is 0.227. The summed E-state index contributed by atoms with van der Waals surface area (Å²) in [4.78, 5) is 14.5. The van der Waals surface area contributed by atoms with Gasteiger partial charge in [0.05, 0.1) is 6.04 Å². The van der Waals surface area contributed by atoms with E-state index in [-0.39, 0.29) is 11.8 Å². The van der Waals surface area contributed by atoms with Gasteiger partial charge in [0.2, 0.25) is 0 Å². The van der Waals surface area contributed by atoms with Crippen molar-refractivity contribution in [3.05, 3.63) is 81.5 Å². The third kappa shape index (κ3) is 5.87. The third-order valence-electron chi connectivity index (χ3n) is 4.67. The molecule has 2 aromatic carbocycles. The van der Waals surface area contributed by atoms with Crippen LogP contribution >= 0.6 is 24.0 Å². The first kappa shape index (κ1) is 22.4. The van der Waals surface area contributed by atoms with Gasteiger partial charge in [-0.25, -0.2) is 0 Å². The van der Waals surface area contributed by atoms with Crippen LogP contribution in [-0.2, 0) is 6.42 Å². The van der Waals surface area contributed by atoms with E-state index < -0.39 is 6.36 Å². The number of alkyl halides is 3. The van der Waals surface area contributed by atoms with Gasteiger partial charge in [-0.2, -0.15) is 0 Å². The number of likely N-dealkylation sites (N-methyl/N-ethyl adjacent to an activating group) is 1. The Bertz CT molecular complexity index is 969. The van der Waals surface area contributed by atoms with Crippen molar-refractivity contribution in [3.8, 4) is 5.75 Å². The number of aldehydes is 1. The molecule has 0 bridgehead atoms. The van der Waals surface area contributed by atoms with Crippen LogP contribution in [0, 0.1) is 0 Å². The molecule has 2 heterocycles. The fourth-order valence-corrected chi connectivity index (χ4v) is 4.33. The van der Waals surface area contributed by atoms with Crippen LogP contribution in [0.2, 0.25) is 0 Å². The quantitative estimate of drug-likeness (QED) is 0.391. The summed E-state index contributed by atoms with van der Waals surface area (Å²) in [6.07, 6.45) is -2.81. The van der Waals surface area contributed by atoms with Crippen LogP contribution in [0.4, 0.5) is 13.2 Å². The number of ether oxygens (including phenoxy) is 1. The first-order valence-corrected chi connectivity index (χ1v) is 10.5. The van der Waals surface area contributed by atoms with Gasteiger partial charge in [-0.1, -0.05) is 24.3 Å². The normalized spacial score (nSPS) is 16.2. The van der Waals surface area contributed by atoms with E-state index >= 15 is 0 Å². The second-order valence-electron chi connectivity index (χ2n) is 6.76. The molecular weight excluding hydrogens is 431 g/mol. The predicted octanol–water partition coefficient (Wildman–Crippen LogP) is 6.01. The number of nitrogens with zero attached hydrogens (tertiary/aromatic N) is 1. The van der Waals surface area contributed by atoms with Gasteiger partial charge in [0.25, 0.3) is 0 Å². The summed E-state index contributed by atoms with van der Waals surface area (Å²) >= 11 is 5.79. The van der Waals surface area contributed by atoms with E-state index in [9.17, 15) is 18.0 Å². The number of thiol groups is 1. The minimum atomic E-state index is -4.65. The number of carbonyl (C=O) groups is 1. The molecule has 1 atom stereocenters. The molecule has 0 spiro atoms. The highest BCUT2D eigenvalue weighted by atomic mass is 32.1. The molecule has 8 heteroatoms. The van der Waals surface area contributed by atoms with Crippen molar-refractivity contribution in [3.63, 3.8) is 0 Å². The van der Waals surface area contributed by atoms with Gasteiger partial charge in [-0.15, -0.1) is 37.1 Å². The molecule has 3 nitrogen and oxygen atoms in total. The Morgan fingerprint density at radius 1 is 1.10 bits per heavy atom. The van der Waals surface area contributed by atoms with Crippen LogP contribution < -0.4 is 4.74 Å². The zero-order valence-corrected chi connectivity index (χ0v) is 17.8. The number of benzene rings is 2. The summed E-state index contributed by atoms with van der Waals surface area (Å²) < 4.78 is 40.5. The second kappa shape index (κ2) is 9.68. The molecule has 1 aliphatic rings. The zero-order valence-electron chi connectivity index (χ0n) is 16.1. The van der Waals surface area contributed by atoms with Crippen molar-refractivity contribution in [2.24, 2.45) is 0 Å². The van der Waals surface area contributed by atoms with Crippen LogP contribution in [-0.4, -0.2) is 31.1 Å². The minimum Gasteiger partial charge on any atom is -0.406 e. The Hall–Kier alpha value is -2.29. The minimum absolute atomic E-state index is 0.0972. The first-order valence-electron chi connectivity index (χ1n) is 9.13. The lowest BCUT2D eigenvalue weighted by Gasteiger charge is -2.33. The van der Waals surface area contributed by atoms with E-state index in [2.05, 4.69) is 33.7 Å². The van der Waals surface area contributed by atoms with Crippen LogP contribution in [0.3, 0.4) is 0 Å².